The zero-order valence-corrected chi connectivity index (χ0v) is 16.6. The molecule has 0 fully saturated rings. The zero-order valence-electron chi connectivity index (χ0n) is 16.6. The molecule has 1 aromatic carbocycles. The Morgan fingerprint density at radius 3 is 2.63 bits per heavy atom. The van der Waals surface area contributed by atoms with Gasteiger partial charge in [0, 0.05) is 38.7 Å². The van der Waals surface area contributed by atoms with Gasteiger partial charge in [-0.1, -0.05) is 18.2 Å². The molecule has 2 heterocycles. The van der Waals surface area contributed by atoms with E-state index in [1.54, 1.807) is 0 Å². The maximum atomic E-state index is 4.87. The molecular weight excluding hydrogens is 336 g/mol. The summed E-state index contributed by atoms with van der Waals surface area (Å²) < 4.78 is 4.05. The summed E-state index contributed by atoms with van der Waals surface area (Å²) in [4.78, 5) is 7.02. The van der Waals surface area contributed by atoms with Crippen molar-refractivity contribution in [2.45, 2.75) is 26.9 Å². The third kappa shape index (κ3) is 4.58. The number of hydrogen-bond donors (Lipinski definition) is 1. The predicted octanol–water partition coefficient (Wildman–Crippen LogP) is 3.12. The second kappa shape index (κ2) is 8.58. The second-order valence-corrected chi connectivity index (χ2v) is 6.67. The first-order valence-corrected chi connectivity index (χ1v) is 9.28. The fourth-order valence-corrected chi connectivity index (χ4v) is 3.03. The van der Waals surface area contributed by atoms with Crippen LogP contribution in [0.3, 0.4) is 0 Å². The molecule has 0 saturated carbocycles. The Kier molecular flexibility index (Phi) is 5.96. The molecule has 3 aromatic rings. The summed E-state index contributed by atoms with van der Waals surface area (Å²) in [5.41, 5.74) is 4.46. The Morgan fingerprint density at radius 1 is 1.15 bits per heavy atom. The number of rotatable bonds is 6. The first kappa shape index (κ1) is 18.8. The van der Waals surface area contributed by atoms with Crippen molar-refractivity contribution in [3.8, 4) is 5.69 Å². The molecule has 1 N–H and O–H groups in total. The lowest BCUT2D eigenvalue weighted by Gasteiger charge is -2.22. The number of guanidine groups is 1. The lowest BCUT2D eigenvalue weighted by molar-refractivity contribution is 0.462. The Labute approximate surface area is 161 Å². The number of hydrogen-bond acceptors (Lipinski definition) is 2. The normalized spacial score (nSPS) is 11.6. The minimum atomic E-state index is 0.592. The molecule has 0 aliphatic carbocycles. The third-order valence-corrected chi connectivity index (χ3v) is 4.51. The van der Waals surface area contributed by atoms with Crippen molar-refractivity contribution in [3.63, 3.8) is 0 Å². The molecule has 142 valence electrons. The maximum absolute atomic E-state index is 4.87. The lowest BCUT2D eigenvalue weighted by atomic mass is 10.2. The molecule has 0 aliphatic heterocycles. The van der Waals surface area contributed by atoms with Crippen LogP contribution in [0.25, 0.3) is 5.69 Å². The highest BCUT2D eigenvalue weighted by Crippen LogP contribution is 2.15. The monoisotopic (exact) mass is 364 g/mol. The minimum Gasteiger partial charge on any atom is -0.357 e. The number of aromatic nitrogens is 3. The SMILES string of the molecule is CCNC(=NCc1ccccc1-n1ccc(C)n1)N(C)Cc1cccn1C. The Hall–Kier alpha value is -3.02. The van der Waals surface area contributed by atoms with E-state index < -0.39 is 0 Å². The van der Waals surface area contributed by atoms with Gasteiger partial charge < -0.3 is 14.8 Å². The smallest absolute Gasteiger partial charge is 0.194 e. The maximum Gasteiger partial charge on any atom is 0.194 e. The number of benzene rings is 1. The molecule has 27 heavy (non-hydrogen) atoms. The van der Waals surface area contributed by atoms with Crippen molar-refractivity contribution in [1.29, 1.82) is 0 Å². The van der Waals surface area contributed by atoms with Crippen molar-refractivity contribution in [3.05, 3.63) is 71.8 Å². The summed E-state index contributed by atoms with van der Waals surface area (Å²) >= 11 is 0. The van der Waals surface area contributed by atoms with E-state index in [-0.39, 0.29) is 0 Å². The molecule has 0 aliphatic rings. The van der Waals surface area contributed by atoms with Crippen LogP contribution in [0.1, 0.15) is 23.9 Å². The highest BCUT2D eigenvalue weighted by molar-refractivity contribution is 5.79. The van der Waals surface area contributed by atoms with Crippen molar-refractivity contribution < 1.29 is 0 Å². The molecule has 2 aromatic heterocycles. The first-order valence-electron chi connectivity index (χ1n) is 9.28. The van der Waals surface area contributed by atoms with E-state index in [0.29, 0.717) is 6.54 Å². The molecule has 3 rings (SSSR count). The summed E-state index contributed by atoms with van der Waals surface area (Å²) in [6.07, 6.45) is 4.06. The molecule has 0 spiro atoms. The van der Waals surface area contributed by atoms with Crippen molar-refractivity contribution in [1.82, 2.24) is 24.6 Å². The molecule has 0 atom stereocenters. The van der Waals surface area contributed by atoms with Crippen LogP contribution in [-0.2, 0) is 20.1 Å². The second-order valence-electron chi connectivity index (χ2n) is 6.67. The van der Waals surface area contributed by atoms with Gasteiger partial charge in [-0.25, -0.2) is 9.67 Å². The average Bonchev–Trinajstić information content (AvgIpc) is 3.27. The van der Waals surface area contributed by atoms with Gasteiger partial charge in [0.05, 0.1) is 24.5 Å². The Bertz CT molecular complexity index is 905. The van der Waals surface area contributed by atoms with E-state index in [4.69, 9.17) is 4.99 Å². The zero-order chi connectivity index (χ0) is 19.2. The van der Waals surface area contributed by atoms with E-state index in [9.17, 15) is 0 Å². The van der Waals surface area contributed by atoms with Crippen molar-refractivity contribution in [2.75, 3.05) is 13.6 Å². The topological polar surface area (TPSA) is 50.4 Å². The summed E-state index contributed by atoms with van der Waals surface area (Å²) in [5.74, 6) is 0.894. The predicted molar refractivity (Wildman–Crippen MR) is 110 cm³/mol. The minimum absolute atomic E-state index is 0.592. The number of nitrogens with zero attached hydrogens (tertiary/aromatic N) is 5. The van der Waals surface area contributed by atoms with Crippen LogP contribution in [0.15, 0.2) is 59.9 Å². The van der Waals surface area contributed by atoms with E-state index >= 15 is 0 Å². The largest absolute Gasteiger partial charge is 0.357 e. The highest BCUT2D eigenvalue weighted by atomic mass is 15.3. The van der Waals surface area contributed by atoms with Gasteiger partial charge in [-0.05, 0) is 43.7 Å². The Morgan fingerprint density at radius 2 is 1.96 bits per heavy atom. The van der Waals surface area contributed by atoms with Crippen LogP contribution in [-0.4, -0.2) is 38.8 Å². The van der Waals surface area contributed by atoms with Crippen molar-refractivity contribution in [2.24, 2.45) is 12.0 Å². The van der Waals surface area contributed by atoms with Gasteiger partial charge in [0.25, 0.3) is 0 Å². The average molecular weight is 364 g/mol. The van der Waals surface area contributed by atoms with Crippen LogP contribution >= 0.6 is 0 Å². The van der Waals surface area contributed by atoms with Gasteiger partial charge in [-0.15, -0.1) is 0 Å². The first-order chi connectivity index (χ1) is 13.1. The highest BCUT2D eigenvalue weighted by Gasteiger charge is 2.10. The van der Waals surface area contributed by atoms with E-state index in [1.165, 1.54) is 5.69 Å². The fraction of sp³-hybridized carbons (Fsp3) is 0.333. The number of aryl methyl sites for hydroxylation is 2. The number of aliphatic imine (C=N–C) groups is 1. The van der Waals surface area contributed by atoms with E-state index in [1.807, 2.05) is 36.0 Å². The van der Waals surface area contributed by atoms with Gasteiger partial charge in [0.2, 0.25) is 0 Å². The molecule has 0 unspecified atom stereocenters. The quantitative estimate of drug-likeness (QED) is 0.540. The number of para-hydroxylation sites is 1. The summed E-state index contributed by atoms with van der Waals surface area (Å²) in [6.45, 7) is 6.31. The van der Waals surface area contributed by atoms with Crippen LogP contribution in [0, 0.1) is 6.92 Å². The fourth-order valence-electron chi connectivity index (χ4n) is 3.03. The van der Waals surface area contributed by atoms with Gasteiger partial charge in [-0.3, -0.25) is 0 Å². The van der Waals surface area contributed by atoms with Gasteiger partial charge >= 0.3 is 0 Å². The summed E-state index contributed by atoms with van der Waals surface area (Å²) in [5, 5.41) is 7.93. The van der Waals surface area contributed by atoms with Gasteiger partial charge in [0.15, 0.2) is 5.96 Å². The third-order valence-electron chi connectivity index (χ3n) is 4.51. The van der Waals surface area contributed by atoms with Crippen molar-refractivity contribution >= 4 is 5.96 Å². The molecule has 6 nitrogen and oxygen atoms in total. The number of nitrogens with one attached hydrogen (secondary N) is 1. The molecule has 0 radical (unpaired) electrons. The standard InChI is InChI=1S/C21H28N6/c1-5-22-21(26(4)16-19-10-8-13-25(19)3)23-15-18-9-6-7-11-20(18)27-14-12-17(2)24-27/h6-14H,5,15-16H2,1-4H3,(H,22,23). The van der Waals surface area contributed by atoms with Crippen LogP contribution in [0.5, 0.6) is 0 Å². The molecular formula is C21H28N6. The molecule has 6 heteroatoms. The Balaban J connectivity index is 1.80. The summed E-state index contributed by atoms with van der Waals surface area (Å²) in [7, 11) is 4.13. The molecule has 0 bridgehead atoms. The molecule has 0 amide bonds. The van der Waals surface area contributed by atoms with Gasteiger partial charge in [-0.2, -0.15) is 5.10 Å². The van der Waals surface area contributed by atoms with Crippen LogP contribution in [0.4, 0.5) is 0 Å². The van der Waals surface area contributed by atoms with Gasteiger partial charge in [0.1, 0.15) is 0 Å². The summed E-state index contributed by atoms with van der Waals surface area (Å²) in [6, 6.07) is 14.5. The van der Waals surface area contributed by atoms with E-state index in [0.717, 1.165) is 36.0 Å². The van der Waals surface area contributed by atoms with E-state index in [2.05, 4.69) is 71.4 Å². The van der Waals surface area contributed by atoms with Crippen LogP contribution in [0.2, 0.25) is 0 Å². The lowest BCUT2D eigenvalue weighted by Crippen LogP contribution is -2.38. The van der Waals surface area contributed by atoms with Crippen LogP contribution < -0.4 is 5.32 Å². The molecule has 0 saturated heterocycles.